The fourth-order valence-electron chi connectivity index (χ4n) is 2.53. The summed E-state index contributed by atoms with van der Waals surface area (Å²) < 4.78 is 28.3. The van der Waals surface area contributed by atoms with Crippen LogP contribution in [-0.2, 0) is 10.2 Å². The molecule has 0 aromatic carbocycles. The van der Waals surface area contributed by atoms with Gasteiger partial charge in [-0.05, 0) is 25.7 Å². The van der Waals surface area contributed by atoms with Crippen molar-refractivity contribution in [3.05, 3.63) is 0 Å². The molecule has 2 saturated heterocycles. The minimum Gasteiger partial charge on any atom is -0.314 e. The van der Waals surface area contributed by atoms with Gasteiger partial charge in [-0.25, -0.2) is 0 Å². The van der Waals surface area contributed by atoms with Gasteiger partial charge in [0.25, 0.3) is 10.2 Å². The van der Waals surface area contributed by atoms with Crippen LogP contribution < -0.4 is 5.32 Å². The molecule has 6 heteroatoms. The Morgan fingerprint density at radius 3 is 2.35 bits per heavy atom. The first-order valence-corrected chi connectivity index (χ1v) is 7.89. The molecule has 2 aliphatic rings. The number of piperidine rings is 1. The van der Waals surface area contributed by atoms with Gasteiger partial charge in [0, 0.05) is 38.8 Å². The molecule has 0 amide bonds. The molecule has 0 aromatic heterocycles. The summed E-state index contributed by atoms with van der Waals surface area (Å²) in [5.41, 5.74) is 0. The van der Waals surface area contributed by atoms with E-state index in [1.807, 2.05) is 6.92 Å². The number of nitrogens with one attached hydrogen (secondary N) is 1. The lowest BCUT2D eigenvalue weighted by Crippen LogP contribution is -2.57. The minimum absolute atomic E-state index is 0.0631. The molecule has 2 rings (SSSR count). The highest BCUT2D eigenvalue weighted by Crippen LogP contribution is 2.22. The second kappa shape index (κ2) is 5.22. The van der Waals surface area contributed by atoms with Crippen LogP contribution >= 0.6 is 0 Å². The second-order valence-corrected chi connectivity index (χ2v) is 7.13. The zero-order valence-corrected chi connectivity index (χ0v) is 11.5. The molecule has 1 atom stereocenters. The third-order valence-corrected chi connectivity index (χ3v) is 5.96. The monoisotopic (exact) mass is 261 g/mol. The van der Waals surface area contributed by atoms with Gasteiger partial charge in [-0.15, -0.1) is 0 Å². The molecule has 2 fully saturated rings. The number of rotatable bonds is 2. The summed E-state index contributed by atoms with van der Waals surface area (Å²) in [6.45, 7) is 7.63. The van der Waals surface area contributed by atoms with Crippen LogP contribution in [0.3, 0.4) is 0 Å². The van der Waals surface area contributed by atoms with E-state index in [0.29, 0.717) is 25.6 Å². The lowest BCUT2D eigenvalue weighted by atomic mass is 10.0. The van der Waals surface area contributed by atoms with Crippen LogP contribution in [0.4, 0.5) is 0 Å². The van der Waals surface area contributed by atoms with Crippen molar-refractivity contribution in [1.82, 2.24) is 13.9 Å². The van der Waals surface area contributed by atoms with Gasteiger partial charge in [0.1, 0.15) is 0 Å². The molecule has 0 spiro atoms. The molecule has 2 heterocycles. The van der Waals surface area contributed by atoms with E-state index in [-0.39, 0.29) is 6.04 Å². The molecule has 5 nitrogen and oxygen atoms in total. The van der Waals surface area contributed by atoms with Crippen molar-refractivity contribution >= 4 is 10.2 Å². The highest BCUT2D eigenvalue weighted by atomic mass is 32.2. The average Bonchev–Trinajstić information content (AvgIpc) is 2.30. The molecule has 0 aromatic rings. The third kappa shape index (κ3) is 2.81. The Labute approximate surface area is 104 Å². The fourth-order valence-corrected chi connectivity index (χ4v) is 4.35. The molecule has 0 radical (unpaired) electrons. The lowest BCUT2D eigenvalue weighted by molar-refractivity contribution is 0.230. The number of nitrogens with zero attached hydrogens (tertiary/aromatic N) is 2. The van der Waals surface area contributed by atoms with Crippen LogP contribution in [0.25, 0.3) is 0 Å². The Hall–Kier alpha value is -0.170. The maximum atomic E-state index is 12.5. The van der Waals surface area contributed by atoms with E-state index in [1.54, 1.807) is 8.61 Å². The first-order chi connectivity index (χ1) is 8.01. The standard InChI is InChI=1S/C11H23N3O2S/c1-10-3-6-13(7-4-10)17(15,16)14-8-5-12-9-11(14)2/h10-12H,3-9H2,1-2H3. The van der Waals surface area contributed by atoms with Crippen LogP contribution in [0.5, 0.6) is 0 Å². The van der Waals surface area contributed by atoms with Gasteiger partial charge in [-0.2, -0.15) is 17.0 Å². The van der Waals surface area contributed by atoms with Gasteiger partial charge in [0.05, 0.1) is 0 Å². The van der Waals surface area contributed by atoms with Crippen molar-refractivity contribution in [2.75, 3.05) is 32.7 Å². The van der Waals surface area contributed by atoms with Crippen LogP contribution in [0.1, 0.15) is 26.7 Å². The van der Waals surface area contributed by atoms with Crippen molar-refractivity contribution < 1.29 is 8.42 Å². The topological polar surface area (TPSA) is 52.7 Å². The summed E-state index contributed by atoms with van der Waals surface area (Å²) in [6.07, 6.45) is 1.97. The summed E-state index contributed by atoms with van der Waals surface area (Å²) in [6, 6.07) is 0.0631. The zero-order chi connectivity index (χ0) is 12.5. The first-order valence-electron chi connectivity index (χ1n) is 6.49. The van der Waals surface area contributed by atoms with Crippen molar-refractivity contribution in [2.45, 2.75) is 32.7 Å². The summed E-state index contributed by atoms with van der Waals surface area (Å²) in [5, 5.41) is 3.22. The highest BCUT2D eigenvalue weighted by Gasteiger charge is 2.35. The van der Waals surface area contributed by atoms with Gasteiger partial charge in [-0.1, -0.05) is 6.92 Å². The van der Waals surface area contributed by atoms with Crippen molar-refractivity contribution in [2.24, 2.45) is 5.92 Å². The zero-order valence-electron chi connectivity index (χ0n) is 10.7. The Balaban J connectivity index is 2.07. The largest absolute Gasteiger partial charge is 0.314 e. The molecule has 1 unspecified atom stereocenters. The molecule has 2 aliphatic heterocycles. The highest BCUT2D eigenvalue weighted by molar-refractivity contribution is 7.86. The number of hydrogen-bond donors (Lipinski definition) is 1. The minimum atomic E-state index is -3.23. The quantitative estimate of drug-likeness (QED) is 0.775. The maximum Gasteiger partial charge on any atom is 0.282 e. The predicted molar refractivity (Wildman–Crippen MR) is 67.9 cm³/mol. The summed E-state index contributed by atoms with van der Waals surface area (Å²) in [4.78, 5) is 0. The van der Waals surface area contributed by atoms with Crippen LogP contribution in [0.2, 0.25) is 0 Å². The maximum absolute atomic E-state index is 12.5. The Morgan fingerprint density at radius 2 is 1.76 bits per heavy atom. The lowest BCUT2D eigenvalue weighted by Gasteiger charge is -2.38. The third-order valence-electron chi connectivity index (χ3n) is 3.81. The molecular weight excluding hydrogens is 238 g/mol. The molecule has 17 heavy (non-hydrogen) atoms. The van der Waals surface area contributed by atoms with E-state index >= 15 is 0 Å². The number of piperazine rings is 1. The normalized spacial score (nSPS) is 30.6. The Morgan fingerprint density at radius 1 is 1.12 bits per heavy atom. The Kier molecular flexibility index (Phi) is 4.07. The van der Waals surface area contributed by atoms with Crippen LogP contribution in [0.15, 0.2) is 0 Å². The molecular formula is C11H23N3O2S. The van der Waals surface area contributed by atoms with Crippen molar-refractivity contribution in [3.8, 4) is 0 Å². The van der Waals surface area contributed by atoms with E-state index in [9.17, 15) is 8.42 Å². The van der Waals surface area contributed by atoms with E-state index in [1.165, 1.54) is 0 Å². The van der Waals surface area contributed by atoms with Gasteiger partial charge in [-0.3, -0.25) is 0 Å². The molecule has 0 saturated carbocycles. The summed E-state index contributed by atoms with van der Waals surface area (Å²) >= 11 is 0. The van der Waals surface area contributed by atoms with E-state index in [0.717, 1.165) is 25.9 Å². The van der Waals surface area contributed by atoms with Crippen molar-refractivity contribution in [3.63, 3.8) is 0 Å². The second-order valence-electron chi connectivity index (χ2n) is 5.25. The molecule has 1 N–H and O–H groups in total. The molecule has 0 bridgehead atoms. The SMILES string of the molecule is CC1CCN(S(=O)(=O)N2CCNCC2C)CC1. The van der Waals surface area contributed by atoms with Crippen molar-refractivity contribution in [1.29, 1.82) is 0 Å². The van der Waals surface area contributed by atoms with E-state index < -0.39 is 10.2 Å². The van der Waals surface area contributed by atoms with E-state index in [4.69, 9.17) is 0 Å². The predicted octanol–water partition coefficient (Wildman–Crippen LogP) is 0.257. The first kappa shape index (κ1) is 13.3. The fraction of sp³-hybridized carbons (Fsp3) is 1.00. The smallest absolute Gasteiger partial charge is 0.282 e. The summed E-state index contributed by atoms with van der Waals surface area (Å²) in [5.74, 6) is 0.655. The van der Waals surface area contributed by atoms with Crippen LogP contribution in [0, 0.1) is 5.92 Å². The molecule has 100 valence electrons. The van der Waals surface area contributed by atoms with Gasteiger partial charge in [0.2, 0.25) is 0 Å². The van der Waals surface area contributed by atoms with Crippen LogP contribution in [-0.4, -0.2) is 55.8 Å². The van der Waals surface area contributed by atoms with Gasteiger partial charge >= 0.3 is 0 Å². The summed E-state index contributed by atoms with van der Waals surface area (Å²) in [7, 11) is -3.23. The molecule has 0 aliphatic carbocycles. The number of hydrogen-bond acceptors (Lipinski definition) is 3. The van der Waals surface area contributed by atoms with Gasteiger partial charge < -0.3 is 5.32 Å². The van der Waals surface area contributed by atoms with Gasteiger partial charge in [0.15, 0.2) is 0 Å². The average molecular weight is 261 g/mol. The van der Waals surface area contributed by atoms with E-state index in [2.05, 4.69) is 12.2 Å². The Bertz CT molecular complexity index is 350.